The molecule has 6 N–H and O–H groups in total. The largest absolute Gasteiger partial charge is 0.383 e. The van der Waals surface area contributed by atoms with E-state index in [1.807, 2.05) is 0 Å². The molecular weight excluding hydrogens is 318 g/mol. The van der Waals surface area contributed by atoms with Gasteiger partial charge in [0.05, 0.1) is 11.5 Å². The number of anilines is 1. The molecule has 11 nitrogen and oxygen atoms in total. The van der Waals surface area contributed by atoms with Crippen molar-refractivity contribution in [1.82, 2.24) is 4.72 Å². The van der Waals surface area contributed by atoms with E-state index in [4.69, 9.17) is 31.2 Å². The Morgan fingerprint density at radius 3 is 2.36 bits per heavy atom. The summed E-state index contributed by atoms with van der Waals surface area (Å²) in [5, 5.41) is 23.2. The molecule has 124 valence electrons. The number of nitrogens with zero attached hydrogens (tertiary/aromatic N) is 1. The molecule has 0 saturated heterocycles. The maximum Gasteiger partial charge on any atom is 0.291 e. The van der Waals surface area contributed by atoms with Gasteiger partial charge in [-0.05, 0) is 24.3 Å². The monoisotopic (exact) mass is 335 g/mol. The molecule has 0 heterocycles. The van der Waals surface area contributed by atoms with Gasteiger partial charge in [0, 0.05) is 19.3 Å². The summed E-state index contributed by atoms with van der Waals surface area (Å²) in [5.41, 5.74) is 5.71. The normalized spacial score (nSPS) is 10.2. The van der Waals surface area contributed by atoms with Crippen LogP contribution in [0, 0.1) is 15.5 Å². The maximum absolute atomic E-state index is 11.8. The quantitative estimate of drug-likeness (QED) is 0.152. The summed E-state index contributed by atoms with van der Waals surface area (Å²) in [7, 11) is -2.02. The molecule has 0 aliphatic carbocycles. The Hall–Kier alpha value is -2.44. The number of rotatable bonds is 6. The highest BCUT2D eigenvalue weighted by atomic mass is 32.2. The zero-order chi connectivity index (χ0) is 17.2. The third kappa shape index (κ3) is 8.68. The van der Waals surface area contributed by atoms with Crippen molar-refractivity contribution >= 4 is 21.7 Å². The van der Waals surface area contributed by atoms with Crippen LogP contribution in [0.1, 0.15) is 0 Å². The van der Waals surface area contributed by atoms with Crippen molar-refractivity contribution in [1.29, 1.82) is 5.41 Å². The van der Waals surface area contributed by atoms with Crippen LogP contribution in [0.3, 0.4) is 0 Å². The fourth-order valence-corrected chi connectivity index (χ4v) is 2.25. The van der Waals surface area contributed by atoms with Crippen LogP contribution in [-0.2, 0) is 14.8 Å². The van der Waals surface area contributed by atoms with E-state index < -0.39 is 15.1 Å². The molecule has 0 aromatic heterocycles. The molecule has 0 aliphatic rings. The summed E-state index contributed by atoms with van der Waals surface area (Å²) < 4.78 is 30.7. The third-order valence-electron chi connectivity index (χ3n) is 2.04. The smallest absolute Gasteiger partial charge is 0.291 e. The van der Waals surface area contributed by atoms with Crippen molar-refractivity contribution in [3.8, 4) is 0 Å². The fraction of sp³-hybridized carbons (Fsp3) is 0.300. The van der Waals surface area contributed by atoms with Crippen LogP contribution < -0.4 is 15.8 Å². The minimum Gasteiger partial charge on any atom is -0.383 e. The van der Waals surface area contributed by atoms with Gasteiger partial charge in [0.1, 0.15) is 0 Å². The van der Waals surface area contributed by atoms with Gasteiger partial charge < -0.3 is 21.0 Å². The predicted molar refractivity (Wildman–Crippen MR) is 77.8 cm³/mol. The first-order valence-electron chi connectivity index (χ1n) is 5.72. The first-order chi connectivity index (χ1) is 10.2. The van der Waals surface area contributed by atoms with Gasteiger partial charge in [-0.2, -0.15) is 0 Å². The Labute approximate surface area is 126 Å². The van der Waals surface area contributed by atoms with Crippen molar-refractivity contribution in [2.24, 2.45) is 5.73 Å². The van der Waals surface area contributed by atoms with E-state index in [9.17, 15) is 8.42 Å². The lowest BCUT2D eigenvalue weighted by atomic mass is 10.3. The number of hydrogen-bond acceptors (Lipinski definition) is 6. The van der Waals surface area contributed by atoms with E-state index in [0.29, 0.717) is 12.3 Å². The van der Waals surface area contributed by atoms with Crippen LogP contribution in [0.4, 0.5) is 5.69 Å². The van der Waals surface area contributed by atoms with E-state index in [0.717, 1.165) is 0 Å². The van der Waals surface area contributed by atoms with Gasteiger partial charge in [0.2, 0.25) is 10.0 Å². The highest BCUT2D eigenvalue weighted by Gasteiger charge is 2.12. The molecule has 0 atom stereocenters. The van der Waals surface area contributed by atoms with Crippen molar-refractivity contribution < 1.29 is 23.4 Å². The SMILES string of the molecule is COCCNS(=O)(=O)c1ccc(NC(=N)N)cc1.O=[N+]([O-])O. The minimum absolute atomic E-state index is 0.146. The van der Waals surface area contributed by atoms with Crippen LogP contribution >= 0.6 is 0 Å². The molecule has 1 aromatic rings. The summed E-state index contributed by atoms with van der Waals surface area (Å²) in [6, 6.07) is 5.93. The maximum atomic E-state index is 11.8. The number of benzene rings is 1. The van der Waals surface area contributed by atoms with Crippen molar-refractivity contribution in [2.75, 3.05) is 25.6 Å². The Balaban J connectivity index is 0.000000980. The van der Waals surface area contributed by atoms with Crippen LogP contribution in [0.5, 0.6) is 0 Å². The highest BCUT2D eigenvalue weighted by molar-refractivity contribution is 7.89. The third-order valence-corrected chi connectivity index (χ3v) is 3.52. The topological polar surface area (TPSA) is 181 Å². The van der Waals surface area contributed by atoms with Gasteiger partial charge >= 0.3 is 0 Å². The van der Waals surface area contributed by atoms with Crippen LogP contribution in [-0.4, -0.2) is 44.9 Å². The summed E-state index contributed by atoms with van der Waals surface area (Å²) in [6.07, 6.45) is 0. The molecule has 12 heteroatoms. The molecule has 0 unspecified atom stereocenters. The standard InChI is InChI=1S/C10H16N4O3S.HNO3/c1-17-7-6-13-18(15,16)9-4-2-8(3-5-9)14-10(11)12;2-1(3)4/h2-5,13H,6-7H2,1H3,(H4,11,12,14);(H,2,3,4). The molecule has 0 aliphatic heterocycles. The molecule has 1 rings (SSSR count). The zero-order valence-corrected chi connectivity index (χ0v) is 12.5. The number of nitrogens with one attached hydrogen (secondary N) is 3. The van der Waals surface area contributed by atoms with Gasteiger partial charge in [-0.15, -0.1) is 10.1 Å². The van der Waals surface area contributed by atoms with Crippen LogP contribution in [0.25, 0.3) is 0 Å². The summed E-state index contributed by atoms with van der Waals surface area (Å²) >= 11 is 0. The first-order valence-corrected chi connectivity index (χ1v) is 7.20. The van der Waals surface area contributed by atoms with Crippen molar-refractivity contribution in [2.45, 2.75) is 4.90 Å². The number of nitrogens with two attached hydrogens (primary N) is 1. The summed E-state index contributed by atoms with van der Waals surface area (Å²) in [6.45, 7) is 0.523. The van der Waals surface area contributed by atoms with E-state index in [-0.39, 0.29) is 17.4 Å². The Bertz CT molecular complexity index is 584. The molecule has 0 saturated carbocycles. The lowest BCUT2D eigenvalue weighted by molar-refractivity contribution is -0.742. The first kappa shape index (κ1) is 19.6. The molecule has 0 fully saturated rings. The lowest BCUT2D eigenvalue weighted by Crippen LogP contribution is -2.27. The molecule has 0 amide bonds. The molecule has 1 aromatic carbocycles. The van der Waals surface area contributed by atoms with Crippen molar-refractivity contribution in [3.05, 3.63) is 34.4 Å². The van der Waals surface area contributed by atoms with E-state index in [1.54, 1.807) is 0 Å². The fourth-order valence-electron chi connectivity index (χ4n) is 1.23. The second-order valence-corrected chi connectivity index (χ2v) is 5.46. The Morgan fingerprint density at radius 1 is 1.45 bits per heavy atom. The molecule has 0 spiro atoms. The summed E-state index contributed by atoms with van der Waals surface area (Å²) in [4.78, 5) is 8.51. The van der Waals surface area contributed by atoms with Crippen LogP contribution in [0.2, 0.25) is 0 Å². The summed E-state index contributed by atoms with van der Waals surface area (Å²) in [5.74, 6) is -0.205. The number of guanidine groups is 1. The molecule has 0 bridgehead atoms. The average molecular weight is 335 g/mol. The van der Waals surface area contributed by atoms with Crippen LogP contribution in [0.15, 0.2) is 29.2 Å². The number of ether oxygens (including phenoxy) is 1. The van der Waals surface area contributed by atoms with E-state index in [1.165, 1.54) is 31.4 Å². The minimum atomic E-state index is -3.52. The second-order valence-electron chi connectivity index (χ2n) is 3.69. The highest BCUT2D eigenvalue weighted by Crippen LogP contribution is 2.13. The molecule has 22 heavy (non-hydrogen) atoms. The Morgan fingerprint density at radius 2 is 1.95 bits per heavy atom. The molecule has 0 radical (unpaired) electrons. The average Bonchev–Trinajstić information content (AvgIpc) is 2.38. The predicted octanol–water partition coefficient (Wildman–Crippen LogP) is -0.431. The van der Waals surface area contributed by atoms with Crippen molar-refractivity contribution in [3.63, 3.8) is 0 Å². The lowest BCUT2D eigenvalue weighted by Gasteiger charge is -2.07. The molecular formula is C10H17N5O6S. The van der Waals surface area contributed by atoms with Gasteiger partial charge in [0.25, 0.3) is 5.09 Å². The van der Waals surface area contributed by atoms with Gasteiger partial charge in [-0.1, -0.05) is 0 Å². The number of methoxy groups -OCH3 is 1. The van der Waals surface area contributed by atoms with Gasteiger partial charge in [0.15, 0.2) is 5.96 Å². The van der Waals surface area contributed by atoms with E-state index >= 15 is 0 Å². The Kier molecular flexibility index (Phi) is 8.44. The number of hydrogen-bond donors (Lipinski definition) is 5. The van der Waals surface area contributed by atoms with Gasteiger partial charge in [-0.3, -0.25) is 5.41 Å². The zero-order valence-electron chi connectivity index (χ0n) is 11.6. The second kappa shape index (κ2) is 9.49. The van der Waals surface area contributed by atoms with E-state index in [2.05, 4.69) is 10.0 Å². The van der Waals surface area contributed by atoms with Gasteiger partial charge in [-0.25, -0.2) is 13.1 Å². The number of sulfonamides is 1.